The molecule has 1 aliphatic rings. The quantitative estimate of drug-likeness (QED) is 0.532. The molecule has 0 unspecified atom stereocenters. The number of carbonyl (C=O) groups excluding carboxylic acids is 1. The van der Waals surface area contributed by atoms with Gasteiger partial charge in [-0.25, -0.2) is 8.42 Å². The summed E-state index contributed by atoms with van der Waals surface area (Å²) in [5.74, 6) is 0.109. The highest BCUT2D eigenvalue weighted by Crippen LogP contribution is 2.30. The SMILES string of the molecule is COc1ccc(S(=O)(=O)N2CCCC2)cc1NC(=O)c1ccccc1CCc1ccccc1. The third-order valence-electron chi connectivity index (χ3n) is 5.91. The molecule has 0 bridgehead atoms. The number of amides is 1. The lowest BCUT2D eigenvalue weighted by Gasteiger charge is -2.18. The van der Waals surface area contributed by atoms with Crippen LogP contribution in [-0.2, 0) is 22.9 Å². The zero-order valence-electron chi connectivity index (χ0n) is 18.7. The molecule has 3 aromatic carbocycles. The van der Waals surface area contributed by atoms with E-state index in [9.17, 15) is 13.2 Å². The van der Waals surface area contributed by atoms with Crippen LogP contribution in [0, 0.1) is 0 Å². The number of nitrogens with one attached hydrogen (secondary N) is 1. The van der Waals surface area contributed by atoms with Gasteiger partial charge in [-0.05, 0) is 61.1 Å². The predicted molar refractivity (Wildman–Crippen MR) is 129 cm³/mol. The first-order valence-corrected chi connectivity index (χ1v) is 12.5. The Balaban J connectivity index is 1.57. The molecule has 33 heavy (non-hydrogen) atoms. The van der Waals surface area contributed by atoms with E-state index in [1.54, 1.807) is 12.1 Å². The number of anilines is 1. The Hall–Kier alpha value is -3.16. The number of hydrogen-bond acceptors (Lipinski definition) is 4. The first kappa shape index (κ1) is 23.0. The van der Waals surface area contributed by atoms with Gasteiger partial charge in [0.05, 0.1) is 17.7 Å². The van der Waals surface area contributed by atoms with E-state index in [2.05, 4.69) is 17.4 Å². The number of methoxy groups -OCH3 is 1. The van der Waals surface area contributed by atoms with Crippen LogP contribution in [0.5, 0.6) is 5.75 Å². The van der Waals surface area contributed by atoms with Gasteiger partial charge in [-0.3, -0.25) is 4.79 Å². The number of hydrogen-bond donors (Lipinski definition) is 1. The summed E-state index contributed by atoms with van der Waals surface area (Å²) in [4.78, 5) is 13.4. The van der Waals surface area contributed by atoms with Crippen molar-refractivity contribution in [2.24, 2.45) is 0 Å². The molecule has 0 radical (unpaired) electrons. The van der Waals surface area contributed by atoms with Crippen molar-refractivity contribution in [1.29, 1.82) is 0 Å². The molecule has 3 aromatic rings. The average Bonchev–Trinajstić information content (AvgIpc) is 3.39. The number of nitrogens with zero attached hydrogens (tertiary/aromatic N) is 1. The van der Waals surface area contributed by atoms with Gasteiger partial charge >= 0.3 is 0 Å². The minimum atomic E-state index is -3.61. The maximum atomic E-state index is 13.2. The van der Waals surface area contributed by atoms with Crippen LogP contribution in [0.2, 0.25) is 0 Å². The highest BCUT2D eigenvalue weighted by Gasteiger charge is 2.28. The van der Waals surface area contributed by atoms with Crippen LogP contribution in [0.3, 0.4) is 0 Å². The smallest absolute Gasteiger partial charge is 0.256 e. The minimum absolute atomic E-state index is 0.151. The fourth-order valence-electron chi connectivity index (χ4n) is 4.10. The summed E-state index contributed by atoms with van der Waals surface area (Å²) in [6, 6.07) is 22.2. The number of sulfonamides is 1. The second-order valence-electron chi connectivity index (χ2n) is 8.07. The highest BCUT2D eigenvalue weighted by atomic mass is 32.2. The van der Waals surface area contributed by atoms with Crippen molar-refractivity contribution in [1.82, 2.24) is 4.31 Å². The molecule has 0 spiro atoms. The fraction of sp³-hybridized carbons (Fsp3) is 0.269. The number of ether oxygens (including phenoxy) is 1. The van der Waals surface area contributed by atoms with Crippen molar-refractivity contribution in [2.45, 2.75) is 30.6 Å². The monoisotopic (exact) mass is 464 g/mol. The summed E-state index contributed by atoms with van der Waals surface area (Å²) in [6.45, 7) is 1.04. The van der Waals surface area contributed by atoms with E-state index in [0.29, 0.717) is 36.5 Å². The van der Waals surface area contributed by atoms with E-state index in [0.717, 1.165) is 24.8 Å². The van der Waals surface area contributed by atoms with Gasteiger partial charge in [0.1, 0.15) is 5.75 Å². The van der Waals surface area contributed by atoms with E-state index in [4.69, 9.17) is 4.74 Å². The second-order valence-corrected chi connectivity index (χ2v) is 10.0. The van der Waals surface area contributed by atoms with Crippen molar-refractivity contribution < 1.29 is 17.9 Å². The molecule has 1 saturated heterocycles. The maximum Gasteiger partial charge on any atom is 0.256 e. The number of benzene rings is 3. The van der Waals surface area contributed by atoms with Gasteiger partial charge in [0, 0.05) is 18.7 Å². The molecule has 6 nitrogen and oxygen atoms in total. The van der Waals surface area contributed by atoms with Gasteiger partial charge in [0.15, 0.2) is 0 Å². The van der Waals surface area contributed by atoms with Gasteiger partial charge < -0.3 is 10.1 Å². The van der Waals surface area contributed by atoms with Crippen LogP contribution < -0.4 is 10.1 Å². The van der Waals surface area contributed by atoms with E-state index >= 15 is 0 Å². The molecule has 1 amide bonds. The Morgan fingerprint density at radius 1 is 0.939 bits per heavy atom. The molecular weight excluding hydrogens is 436 g/mol. The Labute approximate surface area is 195 Å². The summed E-state index contributed by atoms with van der Waals surface area (Å²) >= 11 is 0. The van der Waals surface area contributed by atoms with Gasteiger partial charge in [-0.1, -0.05) is 48.5 Å². The normalized spacial score (nSPS) is 14.2. The first-order valence-electron chi connectivity index (χ1n) is 11.1. The van der Waals surface area contributed by atoms with E-state index < -0.39 is 10.0 Å². The van der Waals surface area contributed by atoms with Gasteiger partial charge in [0.2, 0.25) is 10.0 Å². The molecule has 1 aliphatic heterocycles. The molecule has 0 aromatic heterocycles. The molecule has 1 heterocycles. The van der Waals surface area contributed by atoms with Crippen LogP contribution in [-0.4, -0.2) is 38.8 Å². The molecule has 0 saturated carbocycles. The van der Waals surface area contributed by atoms with Crippen LogP contribution in [0.1, 0.15) is 34.3 Å². The van der Waals surface area contributed by atoms with E-state index in [-0.39, 0.29) is 10.8 Å². The number of aryl methyl sites for hydroxylation is 2. The van der Waals surface area contributed by atoms with Gasteiger partial charge in [-0.15, -0.1) is 0 Å². The topological polar surface area (TPSA) is 75.7 Å². The largest absolute Gasteiger partial charge is 0.495 e. The Morgan fingerprint density at radius 2 is 1.64 bits per heavy atom. The fourth-order valence-corrected chi connectivity index (χ4v) is 5.64. The van der Waals surface area contributed by atoms with Crippen molar-refractivity contribution in [3.63, 3.8) is 0 Å². The predicted octanol–water partition coefficient (Wildman–Crippen LogP) is 4.52. The Kier molecular flexibility index (Phi) is 7.11. The molecule has 0 atom stereocenters. The molecule has 1 fully saturated rings. The van der Waals surface area contributed by atoms with Gasteiger partial charge in [-0.2, -0.15) is 4.31 Å². The minimum Gasteiger partial charge on any atom is -0.495 e. The lowest BCUT2D eigenvalue weighted by molar-refractivity contribution is 0.102. The van der Waals surface area contributed by atoms with Crippen molar-refractivity contribution in [3.05, 3.63) is 89.5 Å². The van der Waals surface area contributed by atoms with Gasteiger partial charge in [0.25, 0.3) is 5.91 Å². The molecule has 1 N–H and O–H groups in total. The summed E-state index contributed by atoms with van der Waals surface area (Å²) in [7, 11) is -2.11. The summed E-state index contributed by atoms with van der Waals surface area (Å²) < 4.78 is 32.9. The van der Waals surface area contributed by atoms with Crippen LogP contribution in [0.15, 0.2) is 77.7 Å². The highest BCUT2D eigenvalue weighted by molar-refractivity contribution is 7.89. The van der Waals surface area contributed by atoms with Crippen LogP contribution in [0.4, 0.5) is 5.69 Å². The summed E-state index contributed by atoms with van der Waals surface area (Å²) in [6.07, 6.45) is 3.25. The first-order chi connectivity index (χ1) is 16.0. The van der Waals surface area contributed by atoms with Crippen LogP contribution in [0.25, 0.3) is 0 Å². The van der Waals surface area contributed by atoms with Crippen molar-refractivity contribution in [3.8, 4) is 5.75 Å². The third-order valence-corrected chi connectivity index (χ3v) is 7.80. The standard InChI is InChI=1S/C26H28N2O4S/c1-32-25-16-15-22(33(30,31)28-17-7-8-18-28)19-24(25)27-26(29)23-12-6-5-11-21(23)14-13-20-9-3-2-4-10-20/h2-6,9-12,15-16,19H,7-8,13-14,17-18H2,1H3,(H,27,29). The van der Waals surface area contributed by atoms with Crippen molar-refractivity contribution >= 4 is 21.6 Å². The molecule has 7 heteroatoms. The lowest BCUT2D eigenvalue weighted by atomic mass is 9.99. The molecule has 4 rings (SSSR count). The molecular formula is C26H28N2O4S. The van der Waals surface area contributed by atoms with Crippen LogP contribution >= 0.6 is 0 Å². The third kappa shape index (κ3) is 5.26. The second kappa shape index (κ2) is 10.2. The lowest BCUT2D eigenvalue weighted by Crippen LogP contribution is -2.28. The maximum absolute atomic E-state index is 13.2. The average molecular weight is 465 g/mol. The summed E-state index contributed by atoms with van der Waals surface area (Å²) in [5.41, 5.74) is 3.02. The Bertz CT molecular complexity index is 1220. The number of rotatable bonds is 8. The zero-order valence-corrected chi connectivity index (χ0v) is 19.5. The number of carbonyl (C=O) groups is 1. The molecule has 0 aliphatic carbocycles. The Morgan fingerprint density at radius 3 is 2.36 bits per heavy atom. The summed E-state index contributed by atoms with van der Waals surface area (Å²) in [5, 5.41) is 2.87. The van der Waals surface area contributed by atoms with E-state index in [1.165, 1.54) is 29.1 Å². The zero-order chi connectivity index (χ0) is 23.3. The van der Waals surface area contributed by atoms with Crippen molar-refractivity contribution in [2.75, 3.05) is 25.5 Å². The van der Waals surface area contributed by atoms with E-state index in [1.807, 2.05) is 36.4 Å². The molecule has 172 valence electrons.